The van der Waals surface area contributed by atoms with E-state index < -0.39 is 0 Å². The Hall–Kier alpha value is -1.55. The van der Waals surface area contributed by atoms with Gasteiger partial charge in [0.15, 0.2) is 0 Å². The Labute approximate surface area is 197 Å². The van der Waals surface area contributed by atoms with Crippen LogP contribution in [0.15, 0.2) is 48.5 Å². The summed E-state index contributed by atoms with van der Waals surface area (Å²) >= 11 is 12.4. The summed E-state index contributed by atoms with van der Waals surface area (Å²) in [7, 11) is 2.17. The smallest absolute Gasteiger partial charge is 0.223 e. The molecule has 1 aliphatic rings. The minimum atomic E-state index is -0.00998. The lowest BCUT2D eigenvalue weighted by molar-refractivity contribution is -0.141. The summed E-state index contributed by atoms with van der Waals surface area (Å²) in [6, 6.07) is 16.3. The molecule has 0 N–H and O–H groups in total. The lowest BCUT2D eigenvalue weighted by Crippen LogP contribution is -2.51. The SMILES string of the molecule is CCCCN(C)C[C@H](CC)N1C(=O)CC[C@H](c2ccc(Cl)cc2)[C@H]1c1ccc(Cl)cc1. The number of likely N-dealkylation sites (tertiary alicyclic amines) is 1. The van der Waals surface area contributed by atoms with Crippen molar-refractivity contribution in [2.75, 3.05) is 20.1 Å². The third-order valence-electron chi connectivity index (χ3n) is 6.43. The molecule has 168 valence electrons. The van der Waals surface area contributed by atoms with Crippen LogP contribution in [0.2, 0.25) is 10.0 Å². The number of likely N-dealkylation sites (N-methyl/N-ethyl adjacent to an activating group) is 1. The van der Waals surface area contributed by atoms with E-state index >= 15 is 0 Å². The van der Waals surface area contributed by atoms with Crippen molar-refractivity contribution in [1.29, 1.82) is 0 Å². The van der Waals surface area contributed by atoms with Crippen molar-refractivity contribution in [3.63, 3.8) is 0 Å². The van der Waals surface area contributed by atoms with Crippen molar-refractivity contribution in [2.24, 2.45) is 0 Å². The first kappa shape index (κ1) is 24.1. The molecule has 0 saturated carbocycles. The van der Waals surface area contributed by atoms with Gasteiger partial charge in [0.25, 0.3) is 0 Å². The molecule has 0 unspecified atom stereocenters. The Balaban J connectivity index is 1.99. The minimum Gasteiger partial charge on any atom is -0.331 e. The van der Waals surface area contributed by atoms with E-state index in [4.69, 9.17) is 23.2 Å². The van der Waals surface area contributed by atoms with Crippen LogP contribution in [0.1, 0.15) is 69.0 Å². The second kappa shape index (κ2) is 11.4. The van der Waals surface area contributed by atoms with Crippen LogP contribution in [0.5, 0.6) is 0 Å². The summed E-state index contributed by atoms with van der Waals surface area (Å²) in [6.07, 6.45) is 4.70. The van der Waals surface area contributed by atoms with Crippen LogP contribution in [0.25, 0.3) is 0 Å². The monoisotopic (exact) mass is 460 g/mol. The molecule has 1 amide bonds. The highest BCUT2D eigenvalue weighted by Gasteiger charge is 2.40. The molecule has 0 aromatic heterocycles. The normalized spacial score (nSPS) is 20.3. The van der Waals surface area contributed by atoms with Gasteiger partial charge < -0.3 is 9.80 Å². The van der Waals surface area contributed by atoms with Gasteiger partial charge in [0.1, 0.15) is 0 Å². The molecule has 1 heterocycles. The van der Waals surface area contributed by atoms with E-state index in [1.54, 1.807) is 0 Å². The molecular weight excluding hydrogens is 427 g/mol. The van der Waals surface area contributed by atoms with Crippen LogP contribution in [0, 0.1) is 0 Å². The van der Waals surface area contributed by atoms with Crippen LogP contribution < -0.4 is 0 Å². The summed E-state index contributed by atoms with van der Waals surface area (Å²) in [6.45, 7) is 6.35. The average molecular weight is 461 g/mol. The fraction of sp³-hybridized carbons (Fsp3) is 0.500. The van der Waals surface area contributed by atoms with Crippen LogP contribution in [0.4, 0.5) is 0 Å². The zero-order valence-corrected chi connectivity index (χ0v) is 20.4. The highest BCUT2D eigenvalue weighted by molar-refractivity contribution is 6.30. The summed E-state index contributed by atoms with van der Waals surface area (Å²) in [5.74, 6) is 0.479. The number of piperidine rings is 1. The lowest BCUT2D eigenvalue weighted by atomic mass is 9.79. The summed E-state index contributed by atoms with van der Waals surface area (Å²) in [5.41, 5.74) is 2.38. The van der Waals surface area contributed by atoms with Gasteiger partial charge in [-0.05, 0) is 68.2 Å². The molecular formula is C26H34Cl2N2O. The zero-order valence-electron chi connectivity index (χ0n) is 18.9. The van der Waals surface area contributed by atoms with E-state index in [-0.39, 0.29) is 23.9 Å². The third kappa shape index (κ3) is 6.03. The fourth-order valence-electron chi connectivity index (χ4n) is 4.75. The second-order valence-corrected chi connectivity index (χ2v) is 9.54. The quantitative estimate of drug-likeness (QED) is 0.403. The number of hydrogen-bond acceptors (Lipinski definition) is 2. The maximum absolute atomic E-state index is 13.3. The molecule has 3 nitrogen and oxygen atoms in total. The van der Waals surface area contributed by atoms with E-state index in [2.05, 4.69) is 55.0 Å². The molecule has 1 aliphatic heterocycles. The Morgan fingerprint density at radius 1 is 1.00 bits per heavy atom. The van der Waals surface area contributed by atoms with Crippen molar-refractivity contribution in [1.82, 2.24) is 9.80 Å². The number of nitrogens with zero attached hydrogens (tertiary/aromatic N) is 2. The number of carbonyl (C=O) groups excluding carboxylic acids is 1. The number of unbranched alkanes of at least 4 members (excludes halogenated alkanes) is 1. The summed E-state index contributed by atoms with van der Waals surface area (Å²) < 4.78 is 0. The molecule has 0 bridgehead atoms. The standard InChI is InChI=1S/C26H34Cl2N2O/c1-4-6-17-29(3)18-23(5-2)30-25(31)16-15-24(19-7-11-21(27)12-8-19)26(30)20-9-13-22(28)14-10-20/h7-14,23-24,26H,4-6,15-18H2,1-3H3/t23-,24+,26+/m0/s1. The van der Waals surface area contributed by atoms with Gasteiger partial charge in [0.05, 0.1) is 6.04 Å². The molecule has 5 heteroatoms. The van der Waals surface area contributed by atoms with Crippen molar-refractivity contribution < 1.29 is 4.79 Å². The molecule has 2 aromatic carbocycles. The first-order valence-electron chi connectivity index (χ1n) is 11.4. The lowest BCUT2D eigenvalue weighted by Gasteiger charge is -2.46. The van der Waals surface area contributed by atoms with Gasteiger partial charge in [-0.2, -0.15) is 0 Å². The van der Waals surface area contributed by atoms with Gasteiger partial charge in [-0.1, -0.05) is 67.7 Å². The summed E-state index contributed by atoms with van der Waals surface area (Å²) in [5, 5.41) is 1.45. The van der Waals surface area contributed by atoms with Crippen molar-refractivity contribution in [3.05, 3.63) is 69.7 Å². The van der Waals surface area contributed by atoms with E-state index in [1.807, 2.05) is 24.3 Å². The van der Waals surface area contributed by atoms with E-state index in [9.17, 15) is 4.79 Å². The number of rotatable bonds is 9. The van der Waals surface area contributed by atoms with Gasteiger partial charge in [-0.25, -0.2) is 0 Å². The Morgan fingerprint density at radius 3 is 2.13 bits per heavy atom. The molecule has 1 fully saturated rings. The largest absolute Gasteiger partial charge is 0.331 e. The van der Waals surface area contributed by atoms with Crippen LogP contribution in [-0.4, -0.2) is 41.9 Å². The van der Waals surface area contributed by atoms with Crippen molar-refractivity contribution in [3.8, 4) is 0 Å². The first-order valence-corrected chi connectivity index (χ1v) is 12.2. The molecule has 3 rings (SSSR count). The predicted molar refractivity (Wildman–Crippen MR) is 131 cm³/mol. The Morgan fingerprint density at radius 2 is 1.58 bits per heavy atom. The maximum atomic E-state index is 13.3. The fourth-order valence-corrected chi connectivity index (χ4v) is 5.00. The van der Waals surface area contributed by atoms with Gasteiger partial charge in [-0.15, -0.1) is 0 Å². The van der Waals surface area contributed by atoms with Crippen LogP contribution in [0.3, 0.4) is 0 Å². The maximum Gasteiger partial charge on any atom is 0.223 e. The van der Waals surface area contributed by atoms with Crippen molar-refractivity contribution in [2.45, 2.75) is 64.0 Å². The highest BCUT2D eigenvalue weighted by atomic mass is 35.5. The average Bonchev–Trinajstić information content (AvgIpc) is 2.77. The predicted octanol–water partition coefficient (Wildman–Crippen LogP) is 6.95. The molecule has 0 aliphatic carbocycles. The summed E-state index contributed by atoms with van der Waals surface area (Å²) in [4.78, 5) is 17.9. The first-order chi connectivity index (χ1) is 14.9. The molecule has 1 saturated heterocycles. The van der Waals surface area contributed by atoms with Gasteiger partial charge in [-0.3, -0.25) is 4.79 Å². The van der Waals surface area contributed by atoms with E-state index in [1.165, 1.54) is 18.4 Å². The molecule has 31 heavy (non-hydrogen) atoms. The Bertz CT molecular complexity index is 837. The number of benzene rings is 2. The van der Waals surface area contributed by atoms with Gasteiger partial charge in [0.2, 0.25) is 5.91 Å². The topological polar surface area (TPSA) is 23.6 Å². The van der Waals surface area contributed by atoms with Gasteiger partial charge >= 0.3 is 0 Å². The minimum absolute atomic E-state index is 0.00998. The van der Waals surface area contributed by atoms with Gasteiger partial charge in [0, 0.05) is 35.0 Å². The Kier molecular flexibility index (Phi) is 8.83. The molecule has 2 aromatic rings. The molecule has 0 radical (unpaired) electrons. The zero-order chi connectivity index (χ0) is 22.4. The molecule has 0 spiro atoms. The van der Waals surface area contributed by atoms with E-state index in [0.717, 1.165) is 36.5 Å². The number of halogens is 2. The van der Waals surface area contributed by atoms with Crippen molar-refractivity contribution >= 4 is 29.1 Å². The number of carbonyl (C=O) groups is 1. The highest BCUT2D eigenvalue weighted by Crippen LogP contribution is 2.44. The van der Waals surface area contributed by atoms with Crippen LogP contribution >= 0.6 is 23.2 Å². The van der Waals surface area contributed by atoms with E-state index in [0.29, 0.717) is 11.4 Å². The number of hydrogen-bond donors (Lipinski definition) is 0. The number of amides is 1. The third-order valence-corrected chi connectivity index (χ3v) is 6.93. The second-order valence-electron chi connectivity index (χ2n) is 8.67. The molecule has 3 atom stereocenters. The van der Waals surface area contributed by atoms with Crippen LogP contribution in [-0.2, 0) is 4.79 Å².